The van der Waals surface area contributed by atoms with Crippen molar-refractivity contribution in [2.24, 2.45) is 5.92 Å². The van der Waals surface area contributed by atoms with E-state index < -0.39 is 47.4 Å². The molecule has 21 nitrogen and oxygen atoms in total. The van der Waals surface area contributed by atoms with Gasteiger partial charge in [0.05, 0.1) is 24.2 Å². The predicted molar refractivity (Wildman–Crippen MR) is 234 cm³/mol. The third-order valence-corrected chi connectivity index (χ3v) is 9.07. The van der Waals surface area contributed by atoms with Gasteiger partial charge in [0.25, 0.3) is 5.69 Å². The maximum atomic E-state index is 13.4. The van der Waals surface area contributed by atoms with Gasteiger partial charge in [0.2, 0.25) is 11.8 Å². The van der Waals surface area contributed by atoms with Gasteiger partial charge in [-0.05, 0) is 74.5 Å². The zero-order chi connectivity index (χ0) is 47.9. The highest BCUT2D eigenvalue weighted by molar-refractivity contribution is 5.97. The minimum Gasteiger partial charge on any atom is -0.445 e. The van der Waals surface area contributed by atoms with Crippen LogP contribution in [0.1, 0.15) is 31.9 Å². The van der Waals surface area contributed by atoms with Crippen molar-refractivity contribution in [1.82, 2.24) is 20.0 Å². The summed E-state index contributed by atoms with van der Waals surface area (Å²) >= 11 is 0. The fourth-order valence-electron chi connectivity index (χ4n) is 5.70. The molecule has 352 valence electrons. The van der Waals surface area contributed by atoms with Gasteiger partial charge in [0.15, 0.2) is 0 Å². The molecule has 3 aromatic rings. The molecule has 2 N–H and O–H groups in total. The highest BCUT2D eigenvalue weighted by atomic mass is 16.7. The highest BCUT2D eigenvalue weighted by Gasteiger charge is 2.27. The lowest BCUT2D eigenvalue weighted by molar-refractivity contribution is -0.384. The van der Waals surface area contributed by atoms with Gasteiger partial charge in [-0.15, -0.1) is 0 Å². The molecule has 0 aliphatic rings. The van der Waals surface area contributed by atoms with Crippen LogP contribution in [-0.2, 0) is 46.5 Å². The maximum Gasteiger partial charge on any atom is 0.514 e. The lowest BCUT2D eigenvalue weighted by Crippen LogP contribution is -2.51. The van der Waals surface area contributed by atoms with Crippen molar-refractivity contribution in [3.8, 4) is 11.5 Å². The summed E-state index contributed by atoms with van der Waals surface area (Å²) in [6.45, 7) is 8.58. The Hall–Kier alpha value is -7.26. The van der Waals surface area contributed by atoms with Gasteiger partial charge in [-0.2, -0.15) is 0 Å². The maximum absolute atomic E-state index is 13.4. The molecular formula is C44H56N6O15. The molecule has 3 rings (SSSR count). The van der Waals surface area contributed by atoms with Crippen LogP contribution in [0.3, 0.4) is 0 Å². The molecule has 0 aromatic heterocycles. The first-order valence-electron chi connectivity index (χ1n) is 20.3. The monoisotopic (exact) mass is 908 g/mol. The second-order valence-electron chi connectivity index (χ2n) is 14.7. The number of benzene rings is 3. The first kappa shape index (κ1) is 52.1. The van der Waals surface area contributed by atoms with Crippen LogP contribution in [0.4, 0.5) is 30.6 Å². The van der Waals surface area contributed by atoms with Crippen molar-refractivity contribution in [1.29, 1.82) is 0 Å². The Morgan fingerprint density at radius 2 is 1.29 bits per heavy atom. The number of likely N-dealkylation sites (N-methyl/N-ethyl adjacent to an activating group) is 2. The summed E-state index contributed by atoms with van der Waals surface area (Å²) in [6.07, 6.45) is -1.98. The molecule has 0 aliphatic carbocycles. The molecule has 4 amide bonds. The minimum absolute atomic E-state index is 0.00150. The van der Waals surface area contributed by atoms with Crippen molar-refractivity contribution >= 4 is 47.7 Å². The van der Waals surface area contributed by atoms with Gasteiger partial charge in [0.1, 0.15) is 44.0 Å². The van der Waals surface area contributed by atoms with Crippen LogP contribution in [0, 0.1) is 16.0 Å². The summed E-state index contributed by atoms with van der Waals surface area (Å²) in [5.41, 5.74) is 1.48. The fourth-order valence-corrected chi connectivity index (χ4v) is 5.70. The summed E-state index contributed by atoms with van der Waals surface area (Å²) in [7, 11) is 5.10. The number of amides is 4. The predicted octanol–water partition coefficient (Wildman–Crippen LogP) is 5.77. The molecular weight excluding hydrogens is 853 g/mol. The third kappa shape index (κ3) is 18.9. The number of rotatable bonds is 24. The lowest BCUT2D eigenvalue weighted by Gasteiger charge is -2.28. The Morgan fingerprint density at radius 3 is 1.89 bits per heavy atom. The van der Waals surface area contributed by atoms with Gasteiger partial charge in [-0.25, -0.2) is 19.2 Å². The van der Waals surface area contributed by atoms with Crippen LogP contribution < -0.4 is 20.1 Å². The van der Waals surface area contributed by atoms with Crippen LogP contribution in [0.15, 0.2) is 85.5 Å². The lowest BCUT2D eigenvalue weighted by atomic mass is 10.0. The normalized spacial score (nSPS) is 11.6. The van der Waals surface area contributed by atoms with E-state index in [9.17, 15) is 38.9 Å². The van der Waals surface area contributed by atoms with Crippen molar-refractivity contribution in [2.45, 2.75) is 46.1 Å². The van der Waals surface area contributed by atoms with Crippen LogP contribution >= 0.6 is 0 Å². The first-order valence-corrected chi connectivity index (χ1v) is 20.3. The topological polar surface area (TPSA) is 244 Å². The summed E-state index contributed by atoms with van der Waals surface area (Å²) in [5.74, 6) is -0.393. The Morgan fingerprint density at radius 1 is 0.692 bits per heavy atom. The Balaban J connectivity index is 1.51. The number of nitrogens with zero attached hydrogens (tertiary/aromatic N) is 4. The molecule has 0 unspecified atom stereocenters. The number of anilines is 1. The first-order chi connectivity index (χ1) is 31.0. The number of carbonyl (C=O) groups is 6. The van der Waals surface area contributed by atoms with Crippen LogP contribution in [0.5, 0.6) is 11.5 Å². The number of non-ortho nitro benzene ring substituents is 1. The van der Waals surface area contributed by atoms with E-state index >= 15 is 0 Å². The summed E-state index contributed by atoms with van der Waals surface area (Å²) in [5, 5.41) is 16.3. The molecule has 0 saturated heterocycles. The Labute approximate surface area is 376 Å². The summed E-state index contributed by atoms with van der Waals surface area (Å²) < 4.78 is 36.3. The third-order valence-electron chi connectivity index (χ3n) is 9.07. The minimum atomic E-state index is -1.04. The average molecular weight is 909 g/mol. The molecule has 0 radical (unpaired) electrons. The molecule has 0 saturated carbocycles. The van der Waals surface area contributed by atoms with E-state index in [1.807, 2.05) is 13.8 Å². The fraction of sp³-hybridized carbons (Fsp3) is 0.409. The number of nitro benzene ring substituents is 1. The molecule has 0 spiro atoms. The average Bonchev–Trinajstić information content (AvgIpc) is 3.26. The van der Waals surface area contributed by atoms with Gasteiger partial charge in [-0.1, -0.05) is 50.8 Å². The van der Waals surface area contributed by atoms with Crippen molar-refractivity contribution in [3.63, 3.8) is 0 Å². The van der Waals surface area contributed by atoms with Gasteiger partial charge < -0.3 is 53.6 Å². The van der Waals surface area contributed by atoms with E-state index in [4.69, 9.17) is 33.2 Å². The van der Waals surface area contributed by atoms with Crippen molar-refractivity contribution < 1.29 is 66.8 Å². The number of ether oxygens (including phenoxy) is 7. The molecule has 0 aliphatic heterocycles. The van der Waals surface area contributed by atoms with Crippen molar-refractivity contribution in [2.75, 3.05) is 72.5 Å². The quantitative estimate of drug-likeness (QED) is 0.0206. The molecule has 21 heteroatoms. The van der Waals surface area contributed by atoms with Gasteiger partial charge in [0, 0.05) is 44.5 Å². The van der Waals surface area contributed by atoms with Gasteiger partial charge >= 0.3 is 24.5 Å². The highest BCUT2D eigenvalue weighted by Crippen LogP contribution is 2.19. The summed E-state index contributed by atoms with van der Waals surface area (Å²) in [4.78, 5) is 90.1. The number of hydrogen-bond acceptors (Lipinski definition) is 16. The molecule has 3 aromatic carbocycles. The second-order valence-corrected chi connectivity index (χ2v) is 14.7. The van der Waals surface area contributed by atoms with E-state index in [1.165, 1.54) is 59.3 Å². The molecule has 0 fully saturated rings. The van der Waals surface area contributed by atoms with E-state index in [0.29, 0.717) is 16.8 Å². The zero-order valence-corrected chi connectivity index (χ0v) is 37.2. The second kappa shape index (κ2) is 27.0. The molecule has 2 atom stereocenters. The zero-order valence-electron chi connectivity index (χ0n) is 37.2. The molecule has 0 heterocycles. The van der Waals surface area contributed by atoms with Crippen LogP contribution in [0.25, 0.3) is 0 Å². The standard InChI is InChI=1S/C44H56N6O15/c1-8-24-60-43(55)61-27-26-59-25-23-49(42(54)64-36-17-11-33(12-18-36)29-63-44(56)65-37-19-15-35(16-20-37)50(57)58)22-21-48(7)41(53)62-28-32-9-13-34(14-10-32)46-39(51)31(4)45-40(52)38(30(2)3)47(5)6/h8-20,30-31,38H,1,21-29H2,2-7H3,(H,45,52)(H,46,51)/t31-,38-/m0/s1. The molecule has 65 heavy (non-hydrogen) atoms. The Bertz CT molecular complexity index is 2040. The largest absolute Gasteiger partial charge is 0.514 e. The van der Waals surface area contributed by atoms with E-state index in [2.05, 4.69) is 17.2 Å². The van der Waals surface area contributed by atoms with Crippen LogP contribution in [0.2, 0.25) is 0 Å². The number of hydrogen-bond donors (Lipinski definition) is 2. The SMILES string of the molecule is C=CCOC(=O)OCCOCCN(CCN(C)C(=O)OCc1ccc(NC(=O)[C@H](C)NC(=O)[C@H](C(C)C)N(C)C)cc1)C(=O)Oc1ccc(COC(=O)Oc2ccc([N+](=O)[O-])cc2)cc1. The Kier molecular flexibility index (Phi) is 21.7. The summed E-state index contributed by atoms with van der Waals surface area (Å²) in [6, 6.07) is 16.4. The molecule has 0 bridgehead atoms. The van der Waals surface area contributed by atoms with E-state index in [-0.39, 0.29) is 88.3 Å². The number of nitrogens with one attached hydrogen (secondary N) is 2. The van der Waals surface area contributed by atoms with Crippen molar-refractivity contribution in [3.05, 3.63) is 107 Å². The van der Waals surface area contributed by atoms with E-state index in [0.717, 1.165) is 0 Å². The van der Waals surface area contributed by atoms with Crippen LogP contribution in [-0.4, -0.2) is 135 Å². The van der Waals surface area contributed by atoms with Gasteiger partial charge in [-0.3, -0.25) is 24.6 Å². The smallest absolute Gasteiger partial charge is 0.445 e. The number of carbonyl (C=O) groups excluding carboxylic acids is 6. The van der Waals surface area contributed by atoms with E-state index in [1.54, 1.807) is 62.3 Å². The number of nitro groups is 1.